The second-order valence-electron chi connectivity index (χ2n) is 4.32. The molecule has 1 amide bonds. The number of nitrogens with one attached hydrogen (secondary N) is 1. The smallest absolute Gasteiger partial charge is 0.340 e. The molecule has 0 aliphatic heterocycles. The van der Waals surface area contributed by atoms with Gasteiger partial charge in [-0.15, -0.1) is 0 Å². The van der Waals surface area contributed by atoms with Crippen LogP contribution in [0.3, 0.4) is 0 Å². The van der Waals surface area contributed by atoms with Gasteiger partial charge in [0.05, 0.1) is 12.2 Å². The number of hydrogen-bond acceptors (Lipinski definition) is 3. The monoisotopic (exact) mass is 252 g/mol. The summed E-state index contributed by atoms with van der Waals surface area (Å²) in [6.45, 7) is 3.94. The molecule has 0 aliphatic rings. The van der Waals surface area contributed by atoms with E-state index in [-0.39, 0.29) is 11.9 Å². The lowest BCUT2D eigenvalue weighted by Crippen LogP contribution is -2.22. The van der Waals surface area contributed by atoms with Crippen molar-refractivity contribution in [1.82, 2.24) is 9.88 Å². The SMILES string of the molecule is CCOC(=O)c1c(CCC(=O)N(C)C)c[nH]c1C. The minimum atomic E-state index is -0.330. The van der Waals surface area contributed by atoms with Crippen molar-refractivity contribution in [3.63, 3.8) is 0 Å². The Morgan fingerprint density at radius 2 is 2.06 bits per heavy atom. The maximum atomic E-state index is 11.8. The van der Waals surface area contributed by atoms with E-state index in [9.17, 15) is 9.59 Å². The summed E-state index contributed by atoms with van der Waals surface area (Å²) in [5, 5.41) is 0. The quantitative estimate of drug-likeness (QED) is 0.808. The number of nitrogens with zero attached hydrogens (tertiary/aromatic N) is 1. The Bertz CT molecular complexity index is 435. The average Bonchev–Trinajstić information content (AvgIpc) is 2.67. The number of aromatic nitrogens is 1. The van der Waals surface area contributed by atoms with Crippen LogP contribution in [-0.2, 0) is 16.0 Å². The molecule has 5 nitrogen and oxygen atoms in total. The van der Waals surface area contributed by atoms with Crippen LogP contribution in [-0.4, -0.2) is 42.5 Å². The Morgan fingerprint density at radius 1 is 1.39 bits per heavy atom. The zero-order valence-corrected chi connectivity index (χ0v) is 11.4. The fourth-order valence-corrected chi connectivity index (χ4v) is 1.73. The third-order valence-electron chi connectivity index (χ3n) is 2.75. The minimum Gasteiger partial charge on any atom is -0.462 e. The first-order valence-corrected chi connectivity index (χ1v) is 6.01. The van der Waals surface area contributed by atoms with Gasteiger partial charge in [0.15, 0.2) is 0 Å². The minimum absolute atomic E-state index is 0.0451. The molecule has 1 N–H and O–H groups in total. The van der Waals surface area contributed by atoms with Crippen LogP contribution in [0, 0.1) is 6.92 Å². The number of aryl methyl sites for hydroxylation is 2. The lowest BCUT2D eigenvalue weighted by Gasteiger charge is -2.10. The highest BCUT2D eigenvalue weighted by atomic mass is 16.5. The van der Waals surface area contributed by atoms with Crippen molar-refractivity contribution in [1.29, 1.82) is 0 Å². The van der Waals surface area contributed by atoms with Crippen LogP contribution in [0.5, 0.6) is 0 Å². The van der Waals surface area contributed by atoms with Gasteiger partial charge in [-0.05, 0) is 25.8 Å². The second-order valence-corrected chi connectivity index (χ2v) is 4.32. The molecular weight excluding hydrogens is 232 g/mol. The van der Waals surface area contributed by atoms with E-state index in [4.69, 9.17) is 4.74 Å². The van der Waals surface area contributed by atoms with E-state index in [0.717, 1.165) is 11.3 Å². The van der Waals surface area contributed by atoms with E-state index >= 15 is 0 Å². The number of aromatic amines is 1. The van der Waals surface area contributed by atoms with Crippen molar-refractivity contribution in [2.45, 2.75) is 26.7 Å². The summed E-state index contributed by atoms with van der Waals surface area (Å²) in [7, 11) is 3.44. The molecule has 1 aromatic rings. The number of hydrogen-bond donors (Lipinski definition) is 1. The highest BCUT2D eigenvalue weighted by Gasteiger charge is 2.18. The topological polar surface area (TPSA) is 62.4 Å². The number of carbonyl (C=O) groups is 2. The van der Waals surface area contributed by atoms with E-state index in [1.54, 1.807) is 32.1 Å². The fourth-order valence-electron chi connectivity index (χ4n) is 1.73. The van der Waals surface area contributed by atoms with Gasteiger partial charge in [-0.2, -0.15) is 0 Å². The number of ether oxygens (including phenoxy) is 1. The van der Waals surface area contributed by atoms with Gasteiger partial charge in [0.2, 0.25) is 5.91 Å². The average molecular weight is 252 g/mol. The first-order valence-electron chi connectivity index (χ1n) is 6.01. The van der Waals surface area contributed by atoms with Crippen LogP contribution >= 0.6 is 0 Å². The van der Waals surface area contributed by atoms with Crippen LogP contribution in [0.2, 0.25) is 0 Å². The zero-order chi connectivity index (χ0) is 13.7. The van der Waals surface area contributed by atoms with E-state index in [1.807, 2.05) is 6.92 Å². The summed E-state index contributed by atoms with van der Waals surface area (Å²) in [4.78, 5) is 27.9. The lowest BCUT2D eigenvalue weighted by atomic mass is 10.1. The molecule has 0 aliphatic carbocycles. The summed E-state index contributed by atoms with van der Waals surface area (Å²) in [5.41, 5.74) is 2.17. The largest absolute Gasteiger partial charge is 0.462 e. The molecule has 1 rings (SSSR count). The predicted octanol–water partition coefficient (Wildman–Crippen LogP) is 1.52. The number of esters is 1. The highest BCUT2D eigenvalue weighted by molar-refractivity contribution is 5.92. The molecule has 0 saturated heterocycles. The molecule has 0 radical (unpaired) electrons. The molecule has 0 atom stereocenters. The molecule has 0 saturated carbocycles. The van der Waals surface area contributed by atoms with Crippen LogP contribution in [0.25, 0.3) is 0 Å². The van der Waals surface area contributed by atoms with E-state index in [2.05, 4.69) is 4.98 Å². The lowest BCUT2D eigenvalue weighted by molar-refractivity contribution is -0.128. The fraction of sp³-hybridized carbons (Fsp3) is 0.538. The van der Waals surface area contributed by atoms with Gasteiger partial charge in [-0.25, -0.2) is 4.79 Å². The Kier molecular flexibility index (Phi) is 4.95. The summed E-state index contributed by atoms with van der Waals surface area (Å²) < 4.78 is 5.01. The third kappa shape index (κ3) is 3.35. The molecule has 1 heterocycles. The standard InChI is InChI=1S/C13H20N2O3/c1-5-18-13(17)12-9(2)14-8-10(12)6-7-11(16)15(3)4/h8,14H,5-7H2,1-4H3. The van der Waals surface area contributed by atoms with Crippen molar-refractivity contribution < 1.29 is 14.3 Å². The molecular formula is C13H20N2O3. The molecule has 100 valence electrons. The normalized spacial score (nSPS) is 10.2. The molecule has 0 fully saturated rings. The molecule has 1 aromatic heterocycles. The molecule has 0 unspecified atom stereocenters. The van der Waals surface area contributed by atoms with Gasteiger partial charge in [-0.1, -0.05) is 0 Å². The van der Waals surface area contributed by atoms with E-state index in [1.165, 1.54) is 0 Å². The summed E-state index contributed by atoms with van der Waals surface area (Å²) in [5.74, 6) is -0.285. The van der Waals surface area contributed by atoms with Crippen LogP contribution in [0.4, 0.5) is 0 Å². The van der Waals surface area contributed by atoms with Gasteiger partial charge in [-0.3, -0.25) is 4.79 Å². The Hall–Kier alpha value is -1.78. The molecule has 0 spiro atoms. The maximum absolute atomic E-state index is 11.8. The third-order valence-corrected chi connectivity index (χ3v) is 2.75. The Labute approximate surface area is 107 Å². The van der Waals surface area contributed by atoms with Crippen LogP contribution < -0.4 is 0 Å². The highest BCUT2D eigenvalue weighted by Crippen LogP contribution is 2.17. The van der Waals surface area contributed by atoms with Crippen LogP contribution in [0.1, 0.15) is 35.0 Å². The van der Waals surface area contributed by atoms with Gasteiger partial charge in [0.25, 0.3) is 0 Å². The summed E-state index contributed by atoms with van der Waals surface area (Å²) >= 11 is 0. The van der Waals surface area contributed by atoms with Gasteiger partial charge in [0.1, 0.15) is 0 Å². The first-order chi connectivity index (χ1) is 8.47. The Balaban J connectivity index is 2.78. The van der Waals surface area contributed by atoms with Crippen molar-refractivity contribution in [2.24, 2.45) is 0 Å². The van der Waals surface area contributed by atoms with Crippen molar-refractivity contribution in [2.75, 3.05) is 20.7 Å². The second kappa shape index (κ2) is 6.23. The molecule has 5 heteroatoms. The van der Waals surface area contributed by atoms with Crippen molar-refractivity contribution >= 4 is 11.9 Å². The van der Waals surface area contributed by atoms with Crippen LogP contribution in [0.15, 0.2) is 6.20 Å². The summed E-state index contributed by atoms with van der Waals surface area (Å²) in [6.07, 6.45) is 2.69. The van der Waals surface area contributed by atoms with Crippen molar-refractivity contribution in [3.8, 4) is 0 Å². The van der Waals surface area contributed by atoms with E-state index < -0.39 is 0 Å². The number of carbonyl (C=O) groups excluding carboxylic acids is 2. The maximum Gasteiger partial charge on any atom is 0.340 e. The molecule has 18 heavy (non-hydrogen) atoms. The van der Waals surface area contributed by atoms with Gasteiger partial charge < -0.3 is 14.6 Å². The zero-order valence-electron chi connectivity index (χ0n) is 11.4. The number of amides is 1. The van der Waals surface area contributed by atoms with Gasteiger partial charge >= 0.3 is 5.97 Å². The Morgan fingerprint density at radius 3 is 2.61 bits per heavy atom. The first kappa shape index (κ1) is 14.3. The number of H-pyrrole nitrogens is 1. The number of rotatable bonds is 5. The van der Waals surface area contributed by atoms with Crippen molar-refractivity contribution in [3.05, 3.63) is 23.0 Å². The van der Waals surface area contributed by atoms with Gasteiger partial charge in [0, 0.05) is 32.4 Å². The molecule has 0 bridgehead atoms. The summed E-state index contributed by atoms with van der Waals surface area (Å²) in [6, 6.07) is 0. The molecule has 0 aromatic carbocycles. The predicted molar refractivity (Wildman–Crippen MR) is 68.5 cm³/mol. The van der Waals surface area contributed by atoms with E-state index in [0.29, 0.717) is 25.0 Å².